The Kier molecular flexibility index (Phi) is 4.12. The van der Waals surface area contributed by atoms with Crippen LogP contribution in [0.2, 0.25) is 0 Å². The normalized spacial score (nSPS) is 21.1. The van der Waals surface area contributed by atoms with Crippen LogP contribution in [0, 0.1) is 0 Å². The Bertz CT molecular complexity index is 339. The summed E-state index contributed by atoms with van der Waals surface area (Å²) in [5.74, 6) is 0. The molecule has 0 amide bonds. The Morgan fingerprint density at radius 3 is 2.47 bits per heavy atom. The van der Waals surface area contributed by atoms with E-state index >= 15 is 0 Å². The van der Waals surface area contributed by atoms with Gasteiger partial charge in [-0.15, -0.1) is 0 Å². The lowest BCUT2D eigenvalue weighted by Crippen LogP contribution is -2.49. The van der Waals surface area contributed by atoms with E-state index in [0.717, 1.165) is 31.9 Å². The molecule has 0 aliphatic carbocycles. The number of hydrogen-bond acceptors (Lipinski definition) is 4. The highest BCUT2D eigenvalue weighted by molar-refractivity contribution is 5.23. The molecule has 1 aliphatic rings. The molecule has 0 saturated carbocycles. The van der Waals surface area contributed by atoms with Crippen molar-refractivity contribution in [2.24, 2.45) is 5.73 Å². The third-order valence-corrected chi connectivity index (χ3v) is 3.24. The number of nitrogens with two attached hydrogens (primary N) is 1. The molecule has 1 saturated heterocycles. The zero-order chi connectivity index (χ0) is 12.1. The quantitative estimate of drug-likeness (QED) is 0.782. The summed E-state index contributed by atoms with van der Waals surface area (Å²) in [7, 11) is 0. The molecule has 4 heteroatoms. The van der Waals surface area contributed by atoms with E-state index in [9.17, 15) is 5.11 Å². The summed E-state index contributed by atoms with van der Waals surface area (Å²) in [5, 5.41) is 10.6. The summed E-state index contributed by atoms with van der Waals surface area (Å²) >= 11 is 0. The van der Waals surface area contributed by atoms with Crippen LogP contribution < -0.4 is 5.73 Å². The molecule has 1 atom stereocenters. The van der Waals surface area contributed by atoms with E-state index in [2.05, 4.69) is 4.90 Å². The van der Waals surface area contributed by atoms with Crippen LogP contribution in [0.4, 0.5) is 0 Å². The molecule has 0 bridgehead atoms. The van der Waals surface area contributed by atoms with Crippen molar-refractivity contribution < 1.29 is 9.84 Å². The van der Waals surface area contributed by atoms with Crippen LogP contribution in [0.5, 0.6) is 0 Å². The van der Waals surface area contributed by atoms with Gasteiger partial charge in [-0.2, -0.15) is 0 Å². The summed E-state index contributed by atoms with van der Waals surface area (Å²) in [4.78, 5) is 2.20. The topological polar surface area (TPSA) is 58.7 Å². The van der Waals surface area contributed by atoms with Crippen LogP contribution in [0.1, 0.15) is 5.56 Å². The number of ether oxygens (including phenoxy) is 1. The van der Waals surface area contributed by atoms with E-state index in [1.165, 1.54) is 0 Å². The second-order valence-corrected chi connectivity index (χ2v) is 4.49. The van der Waals surface area contributed by atoms with Gasteiger partial charge >= 0.3 is 0 Å². The Labute approximate surface area is 102 Å². The zero-order valence-corrected chi connectivity index (χ0v) is 10.0. The molecule has 1 unspecified atom stereocenters. The van der Waals surface area contributed by atoms with Gasteiger partial charge in [0.15, 0.2) is 0 Å². The van der Waals surface area contributed by atoms with Gasteiger partial charge in [0.05, 0.1) is 13.2 Å². The number of hydrogen-bond donors (Lipinski definition) is 2. The van der Waals surface area contributed by atoms with Gasteiger partial charge in [0.1, 0.15) is 5.60 Å². The lowest BCUT2D eigenvalue weighted by atomic mass is 9.93. The van der Waals surface area contributed by atoms with Crippen molar-refractivity contribution >= 4 is 0 Å². The molecule has 4 nitrogen and oxygen atoms in total. The lowest BCUT2D eigenvalue weighted by Gasteiger charge is -2.35. The third kappa shape index (κ3) is 3.04. The van der Waals surface area contributed by atoms with Crippen LogP contribution in [-0.2, 0) is 10.3 Å². The Morgan fingerprint density at radius 2 is 1.88 bits per heavy atom. The van der Waals surface area contributed by atoms with Gasteiger partial charge in [-0.1, -0.05) is 30.3 Å². The van der Waals surface area contributed by atoms with E-state index in [-0.39, 0.29) is 6.54 Å². The van der Waals surface area contributed by atoms with Crippen molar-refractivity contribution in [3.63, 3.8) is 0 Å². The van der Waals surface area contributed by atoms with Gasteiger partial charge in [-0.05, 0) is 5.56 Å². The van der Waals surface area contributed by atoms with Crippen LogP contribution in [0.25, 0.3) is 0 Å². The SMILES string of the molecule is NCC(O)(CN1CCOCC1)c1ccccc1. The fourth-order valence-electron chi connectivity index (χ4n) is 2.15. The van der Waals surface area contributed by atoms with E-state index in [1.54, 1.807) is 0 Å². The fraction of sp³-hybridized carbons (Fsp3) is 0.538. The first-order valence-electron chi connectivity index (χ1n) is 6.03. The Hall–Kier alpha value is -0.940. The van der Waals surface area contributed by atoms with Gasteiger partial charge in [0.2, 0.25) is 0 Å². The van der Waals surface area contributed by atoms with Crippen molar-refractivity contribution in [2.75, 3.05) is 39.4 Å². The van der Waals surface area contributed by atoms with Gasteiger partial charge in [0.25, 0.3) is 0 Å². The van der Waals surface area contributed by atoms with E-state index in [1.807, 2.05) is 30.3 Å². The number of rotatable bonds is 4. The maximum absolute atomic E-state index is 10.6. The first kappa shape index (κ1) is 12.5. The minimum Gasteiger partial charge on any atom is -0.382 e. The molecule has 3 N–H and O–H groups in total. The first-order valence-corrected chi connectivity index (χ1v) is 6.03. The van der Waals surface area contributed by atoms with E-state index in [4.69, 9.17) is 10.5 Å². The average molecular weight is 236 g/mol. The molecule has 0 radical (unpaired) electrons. The second kappa shape index (κ2) is 5.60. The molecule has 1 aromatic carbocycles. The molecule has 17 heavy (non-hydrogen) atoms. The van der Waals surface area contributed by atoms with Gasteiger partial charge in [0, 0.05) is 26.2 Å². The van der Waals surface area contributed by atoms with E-state index < -0.39 is 5.60 Å². The summed E-state index contributed by atoms with van der Waals surface area (Å²) in [6, 6.07) is 9.64. The highest BCUT2D eigenvalue weighted by Gasteiger charge is 2.30. The predicted molar refractivity (Wildman–Crippen MR) is 66.7 cm³/mol. The van der Waals surface area contributed by atoms with Crippen molar-refractivity contribution in [3.05, 3.63) is 35.9 Å². The maximum Gasteiger partial charge on any atom is 0.114 e. The van der Waals surface area contributed by atoms with Gasteiger partial charge in [-0.25, -0.2) is 0 Å². The molecule has 94 valence electrons. The first-order chi connectivity index (χ1) is 8.24. The summed E-state index contributed by atoms with van der Waals surface area (Å²) in [6.07, 6.45) is 0. The smallest absolute Gasteiger partial charge is 0.114 e. The maximum atomic E-state index is 10.6. The summed E-state index contributed by atoms with van der Waals surface area (Å²) in [5.41, 5.74) is 5.67. The van der Waals surface area contributed by atoms with E-state index in [0.29, 0.717) is 6.54 Å². The molecule has 0 spiro atoms. The van der Waals surface area contributed by atoms with Crippen LogP contribution in [0.15, 0.2) is 30.3 Å². The molecule has 1 aromatic rings. The van der Waals surface area contributed by atoms with Crippen molar-refractivity contribution in [2.45, 2.75) is 5.60 Å². The Morgan fingerprint density at radius 1 is 1.24 bits per heavy atom. The van der Waals surface area contributed by atoms with Gasteiger partial charge < -0.3 is 15.6 Å². The summed E-state index contributed by atoms with van der Waals surface area (Å²) in [6.45, 7) is 3.97. The zero-order valence-electron chi connectivity index (χ0n) is 10.0. The predicted octanol–water partition coefficient (Wildman–Crippen LogP) is 0.165. The standard InChI is InChI=1S/C13H20N2O2/c14-10-13(16,12-4-2-1-3-5-12)11-15-6-8-17-9-7-15/h1-5,16H,6-11,14H2. The molecule has 1 aliphatic heterocycles. The second-order valence-electron chi connectivity index (χ2n) is 4.49. The molecule has 1 heterocycles. The highest BCUT2D eigenvalue weighted by atomic mass is 16.5. The van der Waals surface area contributed by atoms with Crippen LogP contribution >= 0.6 is 0 Å². The Balaban J connectivity index is 2.08. The molecule has 0 aromatic heterocycles. The van der Waals surface area contributed by atoms with Crippen LogP contribution in [-0.4, -0.2) is 49.4 Å². The molecule has 1 fully saturated rings. The number of aliphatic hydroxyl groups is 1. The molecule has 2 rings (SSSR count). The summed E-state index contributed by atoms with van der Waals surface area (Å²) < 4.78 is 5.30. The van der Waals surface area contributed by atoms with Gasteiger partial charge in [-0.3, -0.25) is 4.90 Å². The average Bonchev–Trinajstić information content (AvgIpc) is 2.41. The third-order valence-electron chi connectivity index (χ3n) is 3.24. The van der Waals surface area contributed by atoms with Crippen molar-refractivity contribution in [1.29, 1.82) is 0 Å². The van der Waals surface area contributed by atoms with Crippen molar-refractivity contribution in [1.82, 2.24) is 4.90 Å². The van der Waals surface area contributed by atoms with Crippen molar-refractivity contribution in [3.8, 4) is 0 Å². The number of morpholine rings is 1. The van der Waals surface area contributed by atoms with Crippen LogP contribution in [0.3, 0.4) is 0 Å². The monoisotopic (exact) mass is 236 g/mol. The minimum atomic E-state index is -0.960. The number of β-amino-alcohol motifs (C(OH)–C–C–N with tert-alkyl or cyclic N) is 1. The largest absolute Gasteiger partial charge is 0.382 e. The lowest BCUT2D eigenvalue weighted by molar-refractivity contribution is -0.0305. The minimum absolute atomic E-state index is 0.231. The number of benzene rings is 1. The highest BCUT2D eigenvalue weighted by Crippen LogP contribution is 2.21. The number of nitrogens with zero attached hydrogens (tertiary/aromatic N) is 1. The molecular weight excluding hydrogens is 216 g/mol. The molecular formula is C13H20N2O2. The fourth-order valence-corrected chi connectivity index (χ4v) is 2.15.